The molecule has 21 atom stereocenters. The summed E-state index contributed by atoms with van der Waals surface area (Å²) >= 11 is 0. The molecular formula is C41H64O14. The number of cyclic esters (lactones) is 1. The molecule has 0 spiro atoms. The van der Waals surface area contributed by atoms with Gasteiger partial charge in [-0.1, -0.05) is 13.8 Å². The van der Waals surface area contributed by atoms with Crippen LogP contribution in [0, 0.1) is 34.5 Å². The largest absolute Gasteiger partial charge is 0.458 e. The number of aliphatic hydroxyl groups excluding tert-OH is 5. The Balaban J connectivity index is 0.837. The maximum absolute atomic E-state index is 12.6. The highest BCUT2D eigenvalue weighted by atomic mass is 16.7. The Kier molecular flexibility index (Phi) is 11.1. The molecule has 0 aromatic heterocycles. The molecule has 14 nitrogen and oxygen atoms in total. The van der Waals surface area contributed by atoms with E-state index in [0.29, 0.717) is 18.8 Å². The normalized spacial score (nSPS) is 55.5. The fourth-order valence-electron chi connectivity index (χ4n) is 12.8. The number of aliphatic hydroxyl groups is 6. The number of rotatable bonds is 7. The Labute approximate surface area is 323 Å². The average Bonchev–Trinajstić information content (AvgIpc) is 3.67. The fraction of sp³-hybridized carbons (Fsp3) is 0.927. The first-order valence-electron chi connectivity index (χ1n) is 20.9. The number of ether oxygens (including phenoxy) is 7. The van der Waals surface area contributed by atoms with E-state index in [4.69, 9.17) is 33.2 Å². The molecule has 0 radical (unpaired) electrons. The maximum Gasteiger partial charge on any atom is 0.331 e. The Hall–Kier alpha value is -1.27. The van der Waals surface area contributed by atoms with Gasteiger partial charge in [-0.05, 0) is 107 Å². The summed E-state index contributed by atoms with van der Waals surface area (Å²) in [6.45, 7) is 9.90. The summed E-state index contributed by atoms with van der Waals surface area (Å²) in [7, 11) is 0. The molecular weight excluding hydrogens is 716 g/mol. The van der Waals surface area contributed by atoms with Crippen LogP contribution in [0.4, 0.5) is 0 Å². The van der Waals surface area contributed by atoms with E-state index in [1.807, 2.05) is 13.8 Å². The summed E-state index contributed by atoms with van der Waals surface area (Å²) in [5.74, 6) is 0.204. The Morgan fingerprint density at radius 2 is 1.29 bits per heavy atom. The zero-order chi connectivity index (χ0) is 39.2. The molecule has 3 saturated heterocycles. The molecule has 14 heteroatoms. The van der Waals surface area contributed by atoms with Crippen molar-refractivity contribution in [2.75, 3.05) is 6.61 Å². The predicted molar refractivity (Wildman–Crippen MR) is 193 cm³/mol. The van der Waals surface area contributed by atoms with Gasteiger partial charge in [0.15, 0.2) is 18.9 Å². The third kappa shape index (κ3) is 6.95. The lowest BCUT2D eigenvalue weighted by Gasteiger charge is -2.65. The van der Waals surface area contributed by atoms with Crippen molar-refractivity contribution in [3.63, 3.8) is 0 Å². The third-order valence-electron chi connectivity index (χ3n) is 16.0. The van der Waals surface area contributed by atoms with Crippen LogP contribution >= 0.6 is 0 Å². The van der Waals surface area contributed by atoms with E-state index < -0.39 is 90.9 Å². The van der Waals surface area contributed by atoms with E-state index in [2.05, 4.69) is 6.92 Å². The standard InChI is InChI=1S/C41H64O14/c1-19-36(47)28(42)15-34(50-19)54-38-21(3)52-35(17-30(38)44)55-37-20(2)51-33(16-29(37)43)53-24-8-10-39(4)23(13-24)6-7-26-27(39)14-31(45)40(5)25(9-11-41(26,40)48)22-12-32(46)49-18-22/h12,19-21,23-31,33-38,42-45,47-48H,6-11,13-18H2,1-5H3/t19?,20?,21?,23?,24?,25-,26-,27+,28-,29-,30-,31?,33+,34+,35+,36-,37-,38-,39?,40+,41?/m1/s1. The lowest BCUT2D eigenvalue weighted by molar-refractivity contribution is -0.336. The molecule has 0 aromatic rings. The van der Waals surface area contributed by atoms with Crippen molar-refractivity contribution in [1.29, 1.82) is 0 Å². The minimum absolute atomic E-state index is 0.0452. The van der Waals surface area contributed by atoms with Gasteiger partial charge in [0, 0.05) is 30.8 Å². The lowest BCUT2D eigenvalue weighted by Crippen LogP contribution is -2.67. The zero-order valence-electron chi connectivity index (χ0n) is 32.9. The van der Waals surface area contributed by atoms with E-state index in [1.54, 1.807) is 19.9 Å². The fourth-order valence-corrected chi connectivity index (χ4v) is 12.8. The molecule has 55 heavy (non-hydrogen) atoms. The summed E-state index contributed by atoms with van der Waals surface area (Å²) in [6.07, 6.45) is -1.51. The minimum atomic E-state index is -1.01. The van der Waals surface area contributed by atoms with Crippen molar-refractivity contribution >= 4 is 5.97 Å². The van der Waals surface area contributed by atoms with Crippen LogP contribution in [0.2, 0.25) is 0 Å². The highest BCUT2D eigenvalue weighted by Crippen LogP contribution is 2.70. The molecule has 8 unspecified atom stereocenters. The molecule has 0 bridgehead atoms. The first-order chi connectivity index (χ1) is 26.0. The van der Waals surface area contributed by atoms with Crippen molar-refractivity contribution in [3.8, 4) is 0 Å². The van der Waals surface area contributed by atoms with E-state index >= 15 is 0 Å². The Morgan fingerprint density at radius 1 is 0.691 bits per heavy atom. The van der Waals surface area contributed by atoms with E-state index in [0.717, 1.165) is 44.1 Å². The second-order valence-electron chi connectivity index (χ2n) is 18.8. The van der Waals surface area contributed by atoms with Crippen molar-refractivity contribution in [2.24, 2.45) is 34.5 Å². The van der Waals surface area contributed by atoms with Gasteiger partial charge in [0.2, 0.25) is 0 Å². The summed E-state index contributed by atoms with van der Waals surface area (Å²) in [5, 5.41) is 66.9. The van der Waals surface area contributed by atoms with E-state index in [-0.39, 0.29) is 61.1 Å². The van der Waals surface area contributed by atoms with Crippen LogP contribution in [-0.2, 0) is 38.0 Å². The average molecular weight is 781 g/mol. The Morgan fingerprint density at radius 3 is 1.87 bits per heavy atom. The molecule has 0 amide bonds. The SMILES string of the molecule is CC1O[C@@H](O[C@@H]2C(C)O[C@@H](O[C@@H]3C(C)O[C@@H](OC4CCC5(C)C(CC[C@@H]6[C@@H]5CC(O)[C@]5(C)[C@@H](C7=CC(=O)OC7)CCC65O)C4)C[C@H]3O)C[C@H]2O)C[C@@H](O)[C@@H]1O. The molecule has 8 rings (SSSR count). The molecule has 312 valence electrons. The molecule has 7 fully saturated rings. The zero-order valence-corrected chi connectivity index (χ0v) is 32.9. The quantitative estimate of drug-likeness (QED) is 0.162. The highest BCUT2D eigenvalue weighted by molar-refractivity contribution is 5.85. The van der Waals surface area contributed by atoms with Crippen LogP contribution in [0.1, 0.15) is 105 Å². The number of carbonyl (C=O) groups excluding carboxylic acids is 1. The molecule has 4 saturated carbocycles. The summed E-state index contributed by atoms with van der Waals surface area (Å²) < 4.78 is 42.1. The van der Waals surface area contributed by atoms with Crippen molar-refractivity contribution in [1.82, 2.24) is 0 Å². The van der Waals surface area contributed by atoms with Crippen molar-refractivity contribution in [3.05, 3.63) is 11.6 Å². The summed E-state index contributed by atoms with van der Waals surface area (Å²) in [4.78, 5) is 11.9. The summed E-state index contributed by atoms with van der Waals surface area (Å²) in [6, 6.07) is 0. The maximum atomic E-state index is 12.6. The molecule has 4 aliphatic carbocycles. The molecule has 4 aliphatic heterocycles. The molecule has 8 aliphatic rings. The second kappa shape index (κ2) is 15.1. The minimum Gasteiger partial charge on any atom is -0.458 e. The van der Waals surface area contributed by atoms with E-state index in [1.165, 1.54) is 0 Å². The number of esters is 1. The van der Waals surface area contributed by atoms with Crippen molar-refractivity contribution in [2.45, 2.75) is 197 Å². The van der Waals surface area contributed by atoms with Crippen LogP contribution in [-0.4, -0.2) is 135 Å². The van der Waals surface area contributed by atoms with Gasteiger partial charge in [-0.15, -0.1) is 0 Å². The van der Waals surface area contributed by atoms with E-state index in [9.17, 15) is 35.4 Å². The molecule has 6 N–H and O–H groups in total. The molecule has 0 aromatic carbocycles. The smallest absolute Gasteiger partial charge is 0.331 e. The first kappa shape index (κ1) is 40.5. The van der Waals surface area contributed by atoms with Crippen LogP contribution in [0.5, 0.6) is 0 Å². The first-order valence-corrected chi connectivity index (χ1v) is 20.9. The third-order valence-corrected chi connectivity index (χ3v) is 16.0. The number of carbonyl (C=O) groups is 1. The van der Waals surface area contributed by atoms with Gasteiger partial charge in [-0.25, -0.2) is 4.79 Å². The number of hydrogen-bond donors (Lipinski definition) is 6. The van der Waals surface area contributed by atoms with Gasteiger partial charge in [0.1, 0.15) is 24.9 Å². The van der Waals surface area contributed by atoms with Gasteiger partial charge in [0.25, 0.3) is 0 Å². The second-order valence-corrected chi connectivity index (χ2v) is 18.8. The summed E-state index contributed by atoms with van der Waals surface area (Å²) in [5.41, 5.74) is -0.892. The number of hydrogen-bond acceptors (Lipinski definition) is 14. The van der Waals surface area contributed by atoms with Gasteiger partial charge in [-0.2, -0.15) is 0 Å². The Bertz CT molecular complexity index is 1410. The monoisotopic (exact) mass is 780 g/mol. The van der Waals surface area contributed by atoms with Gasteiger partial charge < -0.3 is 63.8 Å². The van der Waals surface area contributed by atoms with Gasteiger partial charge >= 0.3 is 5.97 Å². The lowest BCUT2D eigenvalue weighted by atomic mass is 9.42. The van der Waals surface area contributed by atoms with Crippen LogP contribution in [0.3, 0.4) is 0 Å². The topological polar surface area (TPSA) is 203 Å². The van der Waals surface area contributed by atoms with Crippen LogP contribution < -0.4 is 0 Å². The van der Waals surface area contributed by atoms with Crippen LogP contribution in [0.25, 0.3) is 0 Å². The molecule has 4 heterocycles. The highest BCUT2D eigenvalue weighted by Gasteiger charge is 2.71. The number of fused-ring (bicyclic) bond motifs is 5. The van der Waals surface area contributed by atoms with Crippen LogP contribution in [0.15, 0.2) is 11.6 Å². The predicted octanol–water partition coefficient (Wildman–Crippen LogP) is 2.22. The van der Waals surface area contributed by atoms with Gasteiger partial charge in [-0.3, -0.25) is 0 Å². The van der Waals surface area contributed by atoms with Crippen molar-refractivity contribution < 1.29 is 68.6 Å². The van der Waals surface area contributed by atoms with Gasteiger partial charge in [0.05, 0.1) is 54.4 Å².